The van der Waals surface area contributed by atoms with Crippen molar-refractivity contribution < 1.29 is 20.4 Å². The first-order chi connectivity index (χ1) is 5.99. The second-order valence-electron chi connectivity index (χ2n) is 2.84. The van der Waals surface area contributed by atoms with Gasteiger partial charge >= 0.3 is 0 Å². The van der Waals surface area contributed by atoms with Gasteiger partial charge in [0, 0.05) is 14.1 Å². The van der Waals surface area contributed by atoms with Gasteiger partial charge in [-0.3, -0.25) is 0 Å². The third-order valence-corrected chi connectivity index (χ3v) is 1.38. The van der Waals surface area contributed by atoms with Gasteiger partial charge < -0.3 is 25.4 Å². The van der Waals surface area contributed by atoms with E-state index >= 15 is 0 Å². The van der Waals surface area contributed by atoms with Gasteiger partial charge in [-0.1, -0.05) is 0 Å². The molecule has 4 N–H and O–H groups in total. The van der Waals surface area contributed by atoms with Crippen molar-refractivity contribution in [2.45, 2.75) is 18.3 Å². The smallest absolute Gasteiger partial charge is 0.119 e. The minimum absolute atomic E-state index is 0.603. The van der Waals surface area contributed by atoms with Crippen molar-refractivity contribution >= 4 is 6.21 Å². The van der Waals surface area contributed by atoms with Gasteiger partial charge in [-0.15, -0.1) is 0 Å². The van der Waals surface area contributed by atoms with Crippen molar-refractivity contribution in [3.05, 3.63) is 0 Å². The molecule has 0 bridgehead atoms. The predicted molar refractivity (Wildman–Crippen MR) is 47.3 cm³/mol. The number of hydrazone groups is 1. The van der Waals surface area contributed by atoms with E-state index in [1.54, 1.807) is 14.1 Å². The van der Waals surface area contributed by atoms with Crippen molar-refractivity contribution in [3.8, 4) is 0 Å². The second kappa shape index (κ2) is 5.87. The van der Waals surface area contributed by atoms with E-state index in [0.29, 0.717) is 0 Å². The van der Waals surface area contributed by atoms with Crippen LogP contribution in [0.2, 0.25) is 0 Å². The standard InChI is InChI=1S/C7H16N2O4/c1-9(2)8-3-5(11)7(13)6(12)4-10/h3,5-7,10-13H,4H2,1-2H3. The second-order valence-corrected chi connectivity index (χ2v) is 2.84. The zero-order chi connectivity index (χ0) is 10.4. The van der Waals surface area contributed by atoms with E-state index in [9.17, 15) is 5.11 Å². The molecule has 0 amide bonds. The van der Waals surface area contributed by atoms with Gasteiger partial charge in [0.25, 0.3) is 0 Å². The molecule has 0 aliphatic carbocycles. The Hall–Kier alpha value is -0.690. The molecule has 0 fully saturated rings. The molecule has 0 heterocycles. The SMILES string of the molecule is CN(C)N=CC(O)C(O)C(O)CO. The third kappa shape index (κ3) is 4.79. The number of aliphatic hydroxyl groups excluding tert-OH is 4. The number of aliphatic hydroxyl groups is 4. The Labute approximate surface area is 76.7 Å². The molecule has 0 saturated carbocycles. The number of nitrogens with zero attached hydrogens (tertiary/aromatic N) is 2. The van der Waals surface area contributed by atoms with Gasteiger partial charge in [-0.2, -0.15) is 5.10 Å². The van der Waals surface area contributed by atoms with E-state index in [2.05, 4.69) is 5.10 Å². The lowest BCUT2D eigenvalue weighted by atomic mass is 10.1. The molecule has 3 unspecified atom stereocenters. The summed E-state index contributed by atoms with van der Waals surface area (Å²) >= 11 is 0. The lowest BCUT2D eigenvalue weighted by Gasteiger charge is -2.18. The summed E-state index contributed by atoms with van der Waals surface area (Å²) in [5.74, 6) is 0. The summed E-state index contributed by atoms with van der Waals surface area (Å²) in [6.45, 7) is -0.603. The predicted octanol–water partition coefficient (Wildman–Crippen LogP) is -2.39. The van der Waals surface area contributed by atoms with Crippen molar-refractivity contribution in [3.63, 3.8) is 0 Å². The molecule has 0 aromatic rings. The fraction of sp³-hybridized carbons (Fsp3) is 0.857. The van der Waals surface area contributed by atoms with E-state index in [1.807, 2.05) is 0 Å². The highest BCUT2D eigenvalue weighted by Gasteiger charge is 2.22. The van der Waals surface area contributed by atoms with E-state index < -0.39 is 24.9 Å². The molecular formula is C7H16N2O4. The van der Waals surface area contributed by atoms with Crippen LogP contribution in [0.1, 0.15) is 0 Å². The zero-order valence-electron chi connectivity index (χ0n) is 7.70. The van der Waals surface area contributed by atoms with E-state index in [4.69, 9.17) is 15.3 Å². The van der Waals surface area contributed by atoms with Crippen molar-refractivity contribution in [1.82, 2.24) is 5.01 Å². The molecule has 13 heavy (non-hydrogen) atoms. The Morgan fingerprint density at radius 3 is 2.23 bits per heavy atom. The van der Waals surface area contributed by atoms with E-state index in [1.165, 1.54) is 5.01 Å². The van der Waals surface area contributed by atoms with E-state index in [-0.39, 0.29) is 0 Å². The van der Waals surface area contributed by atoms with E-state index in [0.717, 1.165) is 6.21 Å². The van der Waals surface area contributed by atoms with Crippen LogP contribution < -0.4 is 0 Å². The zero-order valence-corrected chi connectivity index (χ0v) is 7.70. The maximum Gasteiger partial charge on any atom is 0.119 e. The van der Waals surface area contributed by atoms with Gasteiger partial charge in [0.2, 0.25) is 0 Å². The van der Waals surface area contributed by atoms with Crippen molar-refractivity contribution in [2.75, 3.05) is 20.7 Å². The first kappa shape index (κ1) is 12.3. The van der Waals surface area contributed by atoms with Crippen LogP contribution >= 0.6 is 0 Å². The molecule has 0 spiro atoms. The highest BCUT2D eigenvalue weighted by atomic mass is 16.4. The fourth-order valence-corrected chi connectivity index (χ4v) is 0.625. The molecule has 78 valence electrons. The number of hydrogen-bond donors (Lipinski definition) is 4. The summed E-state index contributed by atoms with van der Waals surface area (Å²) in [7, 11) is 3.30. The van der Waals surface area contributed by atoms with Gasteiger partial charge in [-0.05, 0) is 0 Å². The summed E-state index contributed by atoms with van der Waals surface area (Å²) in [5.41, 5.74) is 0. The maximum absolute atomic E-state index is 9.17. The molecular weight excluding hydrogens is 176 g/mol. The molecule has 0 rings (SSSR count). The minimum atomic E-state index is -1.42. The van der Waals surface area contributed by atoms with Crippen LogP contribution in [0.5, 0.6) is 0 Å². The molecule has 6 heteroatoms. The average molecular weight is 192 g/mol. The quantitative estimate of drug-likeness (QED) is 0.288. The largest absolute Gasteiger partial charge is 0.394 e. The number of rotatable bonds is 5. The monoisotopic (exact) mass is 192 g/mol. The van der Waals surface area contributed by atoms with Crippen LogP contribution in [-0.4, -0.2) is 70.7 Å². The van der Waals surface area contributed by atoms with Gasteiger partial charge in [0.05, 0.1) is 12.8 Å². The molecule has 0 aromatic heterocycles. The maximum atomic E-state index is 9.17. The Kier molecular flexibility index (Phi) is 5.56. The first-order valence-corrected chi connectivity index (χ1v) is 3.85. The molecule has 0 aliphatic heterocycles. The van der Waals surface area contributed by atoms with Crippen LogP contribution in [-0.2, 0) is 0 Å². The van der Waals surface area contributed by atoms with Crippen LogP contribution in [0, 0.1) is 0 Å². The van der Waals surface area contributed by atoms with Crippen molar-refractivity contribution in [1.29, 1.82) is 0 Å². The van der Waals surface area contributed by atoms with Crippen LogP contribution in [0.3, 0.4) is 0 Å². The molecule has 0 aromatic carbocycles. The molecule has 0 saturated heterocycles. The first-order valence-electron chi connectivity index (χ1n) is 3.85. The van der Waals surface area contributed by atoms with Crippen LogP contribution in [0.4, 0.5) is 0 Å². The van der Waals surface area contributed by atoms with Gasteiger partial charge in [0.15, 0.2) is 0 Å². The lowest BCUT2D eigenvalue weighted by molar-refractivity contribution is -0.0543. The Morgan fingerprint density at radius 1 is 1.31 bits per heavy atom. The fourth-order valence-electron chi connectivity index (χ4n) is 0.625. The van der Waals surface area contributed by atoms with Crippen molar-refractivity contribution in [2.24, 2.45) is 5.10 Å². The summed E-state index contributed by atoms with van der Waals surface area (Å²) < 4.78 is 0. The molecule has 0 aliphatic rings. The Morgan fingerprint density at radius 2 is 1.85 bits per heavy atom. The molecule has 6 nitrogen and oxygen atoms in total. The third-order valence-electron chi connectivity index (χ3n) is 1.38. The topological polar surface area (TPSA) is 96.5 Å². The highest BCUT2D eigenvalue weighted by molar-refractivity contribution is 5.63. The summed E-state index contributed by atoms with van der Waals surface area (Å²) in [6, 6.07) is 0. The normalized spacial score (nSPS) is 18.6. The van der Waals surface area contributed by atoms with Crippen LogP contribution in [0.15, 0.2) is 5.10 Å². The highest BCUT2D eigenvalue weighted by Crippen LogP contribution is 1.97. The Balaban J connectivity index is 4.02. The minimum Gasteiger partial charge on any atom is -0.394 e. The lowest BCUT2D eigenvalue weighted by Crippen LogP contribution is -2.40. The average Bonchev–Trinajstić information content (AvgIpc) is 2.11. The van der Waals surface area contributed by atoms with Gasteiger partial charge in [0.1, 0.15) is 18.3 Å². The molecule has 3 atom stereocenters. The van der Waals surface area contributed by atoms with Gasteiger partial charge in [-0.25, -0.2) is 0 Å². The number of hydrogen-bond acceptors (Lipinski definition) is 6. The Bertz CT molecular complexity index is 163. The summed E-state index contributed by atoms with van der Waals surface area (Å²) in [5, 5.41) is 40.8. The summed E-state index contributed by atoms with van der Waals surface area (Å²) in [4.78, 5) is 0. The van der Waals surface area contributed by atoms with Crippen LogP contribution in [0.25, 0.3) is 0 Å². The summed E-state index contributed by atoms with van der Waals surface area (Å²) in [6.07, 6.45) is -2.98. The molecule has 0 radical (unpaired) electrons.